The van der Waals surface area contributed by atoms with E-state index in [0.717, 1.165) is 109 Å². The molecule has 0 aliphatic heterocycles. The lowest BCUT2D eigenvalue weighted by atomic mass is 10.0. The first-order chi connectivity index (χ1) is 37.0. The highest BCUT2D eigenvalue weighted by Crippen LogP contribution is 2.17. The molecule has 0 bridgehead atoms. The largest absolute Gasteiger partial charge is 0.462 e. The van der Waals surface area contributed by atoms with Crippen LogP contribution in [0.3, 0.4) is 0 Å². The molecule has 0 N–H and O–H groups in total. The average Bonchev–Trinajstić information content (AvgIpc) is 3.41. The number of carbonyl (C=O) groups excluding carboxylic acids is 3. The molecule has 434 valence electrons. The predicted octanol–water partition coefficient (Wildman–Crippen LogP) is 22.1. The number of allylic oxidation sites excluding steroid dienone is 12. The Morgan fingerprint density at radius 3 is 0.840 bits per heavy atom. The van der Waals surface area contributed by atoms with Crippen molar-refractivity contribution in [1.82, 2.24) is 0 Å². The molecule has 0 aliphatic carbocycles. The van der Waals surface area contributed by atoms with Crippen LogP contribution >= 0.6 is 0 Å². The number of hydrogen-bond acceptors (Lipinski definition) is 6. The summed E-state index contributed by atoms with van der Waals surface area (Å²) in [7, 11) is 0. The first-order valence-corrected chi connectivity index (χ1v) is 32.4. The van der Waals surface area contributed by atoms with Crippen LogP contribution < -0.4 is 0 Å². The first-order valence-electron chi connectivity index (χ1n) is 32.4. The fourth-order valence-electron chi connectivity index (χ4n) is 9.35. The minimum atomic E-state index is -0.781. The Bertz CT molecular complexity index is 1390. The van der Waals surface area contributed by atoms with E-state index in [-0.39, 0.29) is 31.1 Å². The van der Waals surface area contributed by atoms with Gasteiger partial charge in [-0.3, -0.25) is 14.4 Å². The maximum atomic E-state index is 12.9. The standard InChI is InChI=1S/C69H122O6/c1-4-7-10-13-16-19-22-25-28-29-30-31-32-33-34-35-36-37-38-39-42-44-47-50-53-56-59-62-68(71)74-65-66(75-69(72)63-60-57-54-51-48-45-41-27-24-21-18-15-12-9-6-3)64-73-67(70)61-58-55-52-49-46-43-40-26-23-20-17-14-11-8-5-2/h7,10,16,18-19,21,25,27-28,30-31,41,66H,4-6,8-9,11-15,17,20,22-24,26,29,32-40,42-65H2,1-3H3/b10-7-,19-16-,21-18-,28-25-,31-30-,41-27-. The third kappa shape index (κ3) is 61.6. The Morgan fingerprint density at radius 2 is 0.520 bits per heavy atom. The Morgan fingerprint density at radius 1 is 0.280 bits per heavy atom. The van der Waals surface area contributed by atoms with E-state index in [2.05, 4.69) is 93.7 Å². The van der Waals surface area contributed by atoms with E-state index >= 15 is 0 Å². The number of rotatable bonds is 59. The van der Waals surface area contributed by atoms with Gasteiger partial charge in [0, 0.05) is 19.3 Å². The second-order valence-corrected chi connectivity index (χ2v) is 21.6. The molecule has 0 aromatic heterocycles. The fourth-order valence-corrected chi connectivity index (χ4v) is 9.35. The van der Waals surface area contributed by atoms with E-state index in [9.17, 15) is 14.4 Å². The molecule has 0 rings (SSSR count). The molecule has 0 aliphatic rings. The zero-order chi connectivity index (χ0) is 54.3. The SMILES string of the molecule is CC/C=C\C/C=C\C/C=C\C/C=C\CCCCCCCCCCCCCCCCC(=O)OCC(COC(=O)CCCCCCCCCCCCCCCCC)OC(=O)CCCCCCC/C=C\C/C=C\CCCCC. The zero-order valence-electron chi connectivity index (χ0n) is 49.8. The molecule has 0 spiro atoms. The van der Waals surface area contributed by atoms with Crippen molar-refractivity contribution >= 4 is 17.9 Å². The van der Waals surface area contributed by atoms with Gasteiger partial charge in [-0.15, -0.1) is 0 Å². The van der Waals surface area contributed by atoms with Crippen molar-refractivity contribution in [1.29, 1.82) is 0 Å². The lowest BCUT2D eigenvalue weighted by Gasteiger charge is -2.18. The van der Waals surface area contributed by atoms with Gasteiger partial charge in [-0.2, -0.15) is 0 Å². The summed E-state index contributed by atoms with van der Waals surface area (Å²) < 4.78 is 16.9. The molecule has 0 amide bonds. The number of hydrogen-bond donors (Lipinski definition) is 0. The van der Waals surface area contributed by atoms with Gasteiger partial charge in [0.1, 0.15) is 13.2 Å². The highest BCUT2D eigenvalue weighted by Gasteiger charge is 2.19. The highest BCUT2D eigenvalue weighted by molar-refractivity contribution is 5.71. The third-order valence-corrected chi connectivity index (χ3v) is 14.2. The maximum absolute atomic E-state index is 12.9. The summed E-state index contributed by atoms with van der Waals surface area (Å²) in [5.74, 6) is -0.874. The van der Waals surface area contributed by atoms with E-state index in [1.165, 1.54) is 180 Å². The van der Waals surface area contributed by atoms with Crippen LogP contribution in [0.25, 0.3) is 0 Å². The van der Waals surface area contributed by atoms with Crippen LogP contribution in [0.2, 0.25) is 0 Å². The van der Waals surface area contributed by atoms with Crippen molar-refractivity contribution in [3.05, 3.63) is 72.9 Å². The molecule has 0 heterocycles. The summed E-state index contributed by atoms with van der Waals surface area (Å²) >= 11 is 0. The van der Waals surface area contributed by atoms with Crippen LogP contribution in [0.4, 0.5) is 0 Å². The Kier molecular flexibility index (Phi) is 60.7. The Balaban J connectivity index is 4.26. The molecule has 0 aromatic rings. The van der Waals surface area contributed by atoms with Crippen LogP contribution in [0.1, 0.15) is 329 Å². The van der Waals surface area contributed by atoms with Crippen LogP contribution in [-0.2, 0) is 28.6 Å². The van der Waals surface area contributed by atoms with E-state index < -0.39 is 6.10 Å². The Hall–Kier alpha value is -3.15. The molecule has 75 heavy (non-hydrogen) atoms. The average molecular weight is 1050 g/mol. The minimum absolute atomic E-state index is 0.0769. The van der Waals surface area contributed by atoms with Gasteiger partial charge < -0.3 is 14.2 Å². The van der Waals surface area contributed by atoms with Gasteiger partial charge in [0.25, 0.3) is 0 Å². The van der Waals surface area contributed by atoms with Gasteiger partial charge in [0.05, 0.1) is 0 Å². The van der Waals surface area contributed by atoms with Crippen molar-refractivity contribution in [2.75, 3.05) is 13.2 Å². The van der Waals surface area contributed by atoms with Gasteiger partial charge in [-0.05, 0) is 89.9 Å². The number of ether oxygens (including phenoxy) is 3. The highest BCUT2D eigenvalue weighted by atomic mass is 16.6. The molecule has 6 nitrogen and oxygen atoms in total. The van der Waals surface area contributed by atoms with Crippen molar-refractivity contribution < 1.29 is 28.6 Å². The van der Waals surface area contributed by atoms with Gasteiger partial charge in [0.2, 0.25) is 0 Å². The number of esters is 3. The lowest BCUT2D eigenvalue weighted by molar-refractivity contribution is -0.167. The molecule has 0 saturated heterocycles. The third-order valence-electron chi connectivity index (χ3n) is 14.2. The van der Waals surface area contributed by atoms with Gasteiger partial charge in [-0.1, -0.05) is 293 Å². The van der Waals surface area contributed by atoms with Crippen molar-refractivity contribution in [3.8, 4) is 0 Å². The van der Waals surface area contributed by atoms with Crippen LogP contribution in [-0.4, -0.2) is 37.2 Å². The van der Waals surface area contributed by atoms with Crippen LogP contribution in [0, 0.1) is 0 Å². The summed E-state index contributed by atoms with van der Waals surface area (Å²) in [6.45, 7) is 6.53. The molecule has 1 unspecified atom stereocenters. The second-order valence-electron chi connectivity index (χ2n) is 21.6. The summed E-state index contributed by atoms with van der Waals surface area (Å²) in [4.78, 5) is 38.3. The van der Waals surface area contributed by atoms with Crippen LogP contribution in [0.15, 0.2) is 72.9 Å². The molecule has 0 saturated carbocycles. The van der Waals surface area contributed by atoms with Gasteiger partial charge in [0.15, 0.2) is 6.10 Å². The Labute approximate surface area is 465 Å². The molecular weight excluding hydrogens is 925 g/mol. The number of unbranched alkanes of at least 4 members (excludes halogenated alkanes) is 36. The summed E-state index contributed by atoms with van der Waals surface area (Å²) in [5.41, 5.74) is 0. The number of carbonyl (C=O) groups is 3. The van der Waals surface area contributed by atoms with Crippen LogP contribution in [0.5, 0.6) is 0 Å². The fraction of sp³-hybridized carbons (Fsp3) is 0.783. The molecule has 6 heteroatoms. The van der Waals surface area contributed by atoms with E-state index in [1.54, 1.807) is 0 Å². The maximum Gasteiger partial charge on any atom is 0.306 e. The van der Waals surface area contributed by atoms with Gasteiger partial charge >= 0.3 is 17.9 Å². The molecule has 1 atom stereocenters. The quantitative estimate of drug-likeness (QED) is 0.0261. The first kappa shape index (κ1) is 71.8. The van der Waals surface area contributed by atoms with Crippen molar-refractivity contribution in [3.63, 3.8) is 0 Å². The van der Waals surface area contributed by atoms with Gasteiger partial charge in [-0.25, -0.2) is 0 Å². The monoisotopic (exact) mass is 1050 g/mol. The van der Waals surface area contributed by atoms with Crippen molar-refractivity contribution in [2.45, 2.75) is 335 Å². The molecule has 0 aromatic carbocycles. The molecule has 0 fully saturated rings. The topological polar surface area (TPSA) is 78.9 Å². The summed E-state index contributed by atoms with van der Waals surface area (Å²) in [6, 6.07) is 0. The summed E-state index contributed by atoms with van der Waals surface area (Å²) in [5, 5.41) is 0. The van der Waals surface area contributed by atoms with E-state index in [1.807, 2.05) is 0 Å². The molecule has 0 radical (unpaired) electrons. The lowest BCUT2D eigenvalue weighted by Crippen LogP contribution is -2.30. The normalized spacial score (nSPS) is 12.5. The van der Waals surface area contributed by atoms with Crippen molar-refractivity contribution in [2.24, 2.45) is 0 Å². The smallest absolute Gasteiger partial charge is 0.306 e. The summed E-state index contributed by atoms with van der Waals surface area (Å²) in [6.07, 6.45) is 81.9. The van der Waals surface area contributed by atoms with E-state index in [4.69, 9.17) is 14.2 Å². The predicted molar refractivity (Wildman–Crippen MR) is 325 cm³/mol. The van der Waals surface area contributed by atoms with E-state index in [0.29, 0.717) is 19.3 Å². The second kappa shape index (κ2) is 63.4. The molecular formula is C69H122O6. The zero-order valence-corrected chi connectivity index (χ0v) is 49.8. The minimum Gasteiger partial charge on any atom is -0.462 e.